The van der Waals surface area contributed by atoms with Gasteiger partial charge in [0.05, 0.1) is 17.9 Å². The zero-order valence-electron chi connectivity index (χ0n) is 15.1. The molecule has 2 N–H and O–H groups in total. The third-order valence-electron chi connectivity index (χ3n) is 3.69. The number of urea groups is 1. The van der Waals surface area contributed by atoms with Crippen molar-refractivity contribution in [2.75, 3.05) is 13.1 Å². The number of nitrogens with zero attached hydrogens (tertiary/aromatic N) is 3. The van der Waals surface area contributed by atoms with Crippen LogP contribution in [0, 0.1) is 5.92 Å². The maximum Gasteiger partial charge on any atom is 0.315 e. The van der Waals surface area contributed by atoms with Crippen molar-refractivity contribution >= 4 is 6.03 Å². The van der Waals surface area contributed by atoms with Gasteiger partial charge in [0.25, 0.3) is 0 Å². The molecule has 1 aliphatic heterocycles. The first-order valence-electron chi connectivity index (χ1n) is 8.57. The molecule has 0 fully saturated rings. The fourth-order valence-corrected chi connectivity index (χ4v) is 2.90. The Balaban J connectivity index is 1.93. The van der Waals surface area contributed by atoms with E-state index in [0.717, 1.165) is 38.3 Å². The molecule has 1 aliphatic rings. The summed E-state index contributed by atoms with van der Waals surface area (Å²) in [6.07, 6.45) is 1.12. The third kappa shape index (κ3) is 5.86. The van der Waals surface area contributed by atoms with E-state index in [4.69, 9.17) is 0 Å². The fraction of sp³-hybridized carbons (Fsp3) is 0.765. The van der Waals surface area contributed by atoms with Gasteiger partial charge in [-0.05, 0) is 39.2 Å². The lowest BCUT2D eigenvalue weighted by Crippen LogP contribution is -2.46. The Morgan fingerprint density at radius 2 is 2.09 bits per heavy atom. The fourth-order valence-electron chi connectivity index (χ4n) is 2.90. The molecule has 0 bridgehead atoms. The van der Waals surface area contributed by atoms with Crippen molar-refractivity contribution in [3.05, 3.63) is 17.5 Å². The smallest absolute Gasteiger partial charge is 0.315 e. The SMILES string of the molecule is CC(C)CN1CCCn2nc(CNC(=O)NC(C)(C)C)cc2C1. The average Bonchev–Trinajstić information content (AvgIpc) is 2.67. The highest BCUT2D eigenvalue weighted by Crippen LogP contribution is 2.15. The van der Waals surface area contributed by atoms with E-state index in [2.05, 4.69) is 45.2 Å². The van der Waals surface area contributed by atoms with Crippen LogP contribution >= 0.6 is 0 Å². The maximum absolute atomic E-state index is 11.8. The number of aromatic nitrogens is 2. The highest BCUT2D eigenvalue weighted by atomic mass is 16.2. The van der Waals surface area contributed by atoms with Crippen molar-refractivity contribution < 1.29 is 4.79 Å². The van der Waals surface area contributed by atoms with Gasteiger partial charge in [-0.25, -0.2) is 4.79 Å². The second-order valence-corrected chi connectivity index (χ2v) is 7.89. The standard InChI is InChI=1S/C17H31N5O/c1-13(2)11-21-7-6-8-22-15(12-21)9-14(20-22)10-18-16(23)19-17(3,4)5/h9,13H,6-8,10-12H2,1-5H3,(H2,18,19,23). The maximum atomic E-state index is 11.8. The van der Waals surface area contributed by atoms with Crippen LogP contribution in [-0.4, -0.2) is 39.3 Å². The third-order valence-corrected chi connectivity index (χ3v) is 3.69. The van der Waals surface area contributed by atoms with E-state index in [1.165, 1.54) is 5.69 Å². The second-order valence-electron chi connectivity index (χ2n) is 7.89. The van der Waals surface area contributed by atoms with Crippen molar-refractivity contribution in [1.82, 2.24) is 25.3 Å². The normalized spacial score (nSPS) is 16.1. The minimum Gasteiger partial charge on any atom is -0.334 e. The molecule has 130 valence electrons. The molecule has 0 spiro atoms. The van der Waals surface area contributed by atoms with E-state index in [1.807, 2.05) is 20.8 Å². The molecule has 0 atom stereocenters. The zero-order valence-corrected chi connectivity index (χ0v) is 15.1. The highest BCUT2D eigenvalue weighted by molar-refractivity contribution is 5.74. The number of aryl methyl sites for hydroxylation is 1. The minimum absolute atomic E-state index is 0.151. The van der Waals surface area contributed by atoms with E-state index in [-0.39, 0.29) is 11.6 Å². The molecule has 6 heteroatoms. The van der Waals surface area contributed by atoms with Gasteiger partial charge in [0.1, 0.15) is 0 Å². The number of carbonyl (C=O) groups is 1. The summed E-state index contributed by atoms with van der Waals surface area (Å²) in [6, 6.07) is 1.97. The van der Waals surface area contributed by atoms with Crippen molar-refractivity contribution in [2.45, 2.75) is 66.2 Å². The number of hydrogen-bond donors (Lipinski definition) is 2. The van der Waals surface area contributed by atoms with Crippen LogP contribution < -0.4 is 10.6 Å². The van der Waals surface area contributed by atoms with E-state index >= 15 is 0 Å². The predicted octanol–water partition coefficient (Wildman–Crippen LogP) is 2.34. The Morgan fingerprint density at radius 3 is 2.74 bits per heavy atom. The zero-order chi connectivity index (χ0) is 17.0. The van der Waals surface area contributed by atoms with Gasteiger partial charge < -0.3 is 10.6 Å². The minimum atomic E-state index is -0.229. The van der Waals surface area contributed by atoms with Gasteiger partial charge in [0.2, 0.25) is 0 Å². The van der Waals surface area contributed by atoms with Crippen LogP contribution in [0.3, 0.4) is 0 Å². The average molecular weight is 321 g/mol. The summed E-state index contributed by atoms with van der Waals surface area (Å²) in [5.41, 5.74) is 1.94. The largest absolute Gasteiger partial charge is 0.334 e. The molecule has 6 nitrogen and oxygen atoms in total. The monoisotopic (exact) mass is 321 g/mol. The van der Waals surface area contributed by atoms with Crippen molar-refractivity contribution in [3.63, 3.8) is 0 Å². The summed E-state index contributed by atoms with van der Waals surface area (Å²) in [6.45, 7) is 15.0. The predicted molar refractivity (Wildman–Crippen MR) is 92.1 cm³/mol. The Kier molecular flexibility index (Phi) is 5.68. The van der Waals surface area contributed by atoms with Crippen LogP contribution in [0.25, 0.3) is 0 Å². The lowest BCUT2D eigenvalue weighted by atomic mass is 10.1. The Bertz CT molecular complexity index is 530. The van der Waals surface area contributed by atoms with Crippen LogP contribution in [0.2, 0.25) is 0 Å². The van der Waals surface area contributed by atoms with Gasteiger partial charge in [-0.3, -0.25) is 9.58 Å². The van der Waals surface area contributed by atoms with E-state index < -0.39 is 0 Å². The number of amides is 2. The summed E-state index contributed by atoms with van der Waals surface area (Å²) >= 11 is 0. The Hall–Kier alpha value is -1.56. The summed E-state index contributed by atoms with van der Waals surface area (Å²) < 4.78 is 2.10. The number of rotatable bonds is 4. The van der Waals surface area contributed by atoms with Crippen LogP contribution in [-0.2, 0) is 19.6 Å². The second kappa shape index (κ2) is 7.34. The van der Waals surface area contributed by atoms with Crippen molar-refractivity contribution in [2.24, 2.45) is 5.92 Å². The molecule has 0 aromatic carbocycles. The number of hydrogen-bond acceptors (Lipinski definition) is 3. The molecule has 0 aliphatic carbocycles. The summed E-state index contributed by atoms with van der Waals surface area (Å²) in [5.74, 6) is 0.673. The molecule has 0 unspecified atom stereocenters. The van der Waals surface area contributed by atoms with Crippen LogP contribution in [0.1, 0.15) is 52.4 Å². The highest BCUT2D eigenvalue weighted by Gasteiger charge is 2.18. The van der Waals surface area contributed by atoms with Gasteiger partial charge in [0, 0.05) is 31.7 Å². The molecular weight excluding hydrogens is 290 g/mol. The molecule has 2 amide bonds. The van der Waals surface area contributed by atoms with E-state index in [0.29, 0.717) is 12.5 Å². The first-order valence-corrected chi connectivity index (χ1v) is 8.57. The van der Waals surface area contributed by atoms with Crippen LogP contribution in [0.5, 0.6) is 0 Å². The van der Waals surface area contributed by atoms with Crippen molar-refractivity contribution in [3.8, 4) is 0 Å². The Morgan fingerprint density at radius 1 is 1.35 bits per heavy atom. The number of nitrogens with one attached hydrogen (secondary N) is 2. The first kappa shape index (κ1) is 17.8. The molecule has 23 heavy (non-hydrogen) atoms. The molecule has 0 radical (unpaired) electrons. The quantitative estimate of drug-likeness (QED) is 0.895. The lowest BCUT2D eigenvalue weighted by Gasteiger charge is -2.21. The molecule has 0 saturated carbocycles. The number of carbonyl (C=O) groups excluding carboxylic acids is 1. The van der Waals surface area contributed by atoms with Gasteiger partial charge in [-0.15, -0.1) is 0 Å². The topological polar surface area (TPSA) is 62.2 Å². The Labute approximate surface area is 139 Å². The van der Waals surface area contributed by atoms with E-state index in [1.54, 1.807) is 0 Å². The molecule has 1 aromatic rings. The first-order chi connectivity index (χ1) is 10.7. The molecule has 0 saturated heterocycles. The molecular formula is C17H31N5O. The van der Waals surface area contributed by atoms with Gasteiger partial charge in [-0.1, -0.05) is 13.8 Å². The van der Waals surface area contributed by atoms with E-state index in [9.17, 15) is 4.79 Å². The van der Waals surface area contributed by atoms with Gasteiger partial charge in [-0.2, -0.15) is 5.10 Å². The van der Waals surface area contributed by atoms with Gasteiger partial charge in [0.15, 0.2) is 0 Å². The van der Waals surface area contributed by atoms with Gasteiger partial charge >= 0.3 is 6.03 Å². The summed E-state index contributed by atoms with van der Waals surface area (Å²) in [7, 11) is 0. The molecule has 2 rings (SSSR count). The summed E-state index contributed by atoms with van der Waals surface area (Å²) in [4.78, 5) is 14.3. The number of fused-ring (bicyclic) bond motifs is 1. The summed E-state index contributed by atoms with van der Waals surface area (Å²) in [5, 5.41) is 10.4. The molecule has 2 heterocycles. The lowest BCUT2D eigenvalue weighted by molar-refractivity contribution is 0.231. The molecule has 1 aromatic heterocycles. The van der Waals surface area contributed by atoms with Crippen molar-refractivity contribution in [1.29, 1.82) is 0 Å². The van der Waals surface area contributed by atoms with Crippen LogP contribution in [0.15, 0.2) is 6.07 Å². The van der Waals surface area contributed by atoms with Crippen LogP contribution in [0.4, 0.5) is 4.79 Å².